The summed E-state index contributed by atoms with van der Waals surface area (Å²) >= 11 is 0. The zero-order valence-corrected chi connectivity index (χ0v) is 18.1. The van der Waals surface area contributed by atoms with Crippen LogP contribution in [0.4, 0.5) is 11.6 Å². The van der Waals surface area contributed by atoms with Crippen molar-refractivity contribution >= 4 is 11.6 Å². The Hall–Kier alpha value is -3.10. The van der Waals surface area contributed by atoms with Crippen molar-refractivity contribution in [3.63, 3.8) is 0 Å². The standard InChI is InChI=1S/C24H28N6O2/c31-17-18-5-8-29(9-6-18)23-14-21(27-24(28-23)20-2-1-7-25-15-20)19-3-4-22(26-16-19)30-10-12-32-13-11-30/h1-4,7,14-16,18,31H,5-6,8-13,17H2. The molecule has 0 unspecified atom stereocenters. The third-order valence-electron chi connectivity index (χ3n) is 6.21. The normalized spacial score (nSPS) is 17.5. The lowest BCUT2D eigenvalue weighted by Crippen LogP contribution is -2.36. The number of hydrogen-bond acceptors (Lipinski definition) is 8. The maximum atomic E-state index is 9.48. The van der Waals surface area contributed by atoms with E-state index in [2.05, 4.69) is 26.9 Å². The van der Waals surface area contributed by atoms with Crippen LogP contribution in [0, 0.1) is 5.92 Å². The van der Waals surface area contributed by atoms with E-state index in [0.717, 1.165) is 80.7 Å². The number of anilines is 2. The molecule has 2 saturated heterocycles. The lowest BCUT2D eigenvalue weighted by atomic mass is 9.98. The van der Waals surface area contributed by atoms with Gasteiger partial charge in [-0.3, -0.25) is 4.98 Å². The summed E-state index contributed by atoms with van der Waals surface area (Å²) < 4.78 is 5.44. The van der Waals surface area contributed by atoms with E-state index in [1.165, 1.54) is 0 Å². The highest BCUT2D eigenvalue weighted by molar-refractivity contribution is 5.68. The second kappa shape index (κ2) is 9.58. The smallest absolute Gasteiger partial charge is 0.163 e. The van der Waals surface area contributed by atoms with Crippen LogP contribution in [0.25, 0.3) is 22.6 Å². The minimum Gasteiger partial charge on any atom is -0.396 e. The Balaban J connectivity index is 1.47. The van der Waals surface area contributed by atoms with Gasteiger partial charge in [-0.25, -0.2) is 15.0 Å². The van der Waals surface area contributed by atoms with Gasteiger partial charge in [-0.1, -0.05) is 0 Å². The molecule has 0 bridgehead atoms. The van der Waals surface area contributed by atoms with Crippen molar-refractivity contribution in [3.8, 4) is 22.6 Å². The second-order valence-corrected chi connectivity index (χ2v) is 8.29. The number of aliphatic hydroxyl groups excluding tert-OH is 1. The van der Waals surface area contributed by atoms with E-state index >= 15 is 0 Å². The Kier molecular flexibility index (Phi) is 6.22. The molecule has 0 aliphatic carbocycles. The van der Waals surface area contributed by atoms with Crippen LogP contribution in [-0.4, -0.2) is 71.0 Å². The topological polar surface area (TPSA) is 87.5 Å². The monoisotopic (exact) mass is 432 g/mol. The van der Waals surface area contributed by atoms with E-state index in [0.29, 0.717) is 11.7 Å². The van der Waals surface area contributed by atoms with E-state index in [4.69, 9.17) is 19.7 Å². The Morgan fingerprint density at radius 2 is 1.72 bits per heavy atom. The Bertz CT molecular complexity index is 1020. The van der Waals surface area contributed by atoms with Crippen molar-refractivity contribution in [2.24, 2.45) is 5.92 Å². The largest absolute Gasteiger partial charge is 0.396 e. The fourth-order valence-electron chi connectivity index (χ4n) is 4.23. The van der Waals surface area contributed by atoms with Gasteiger partial charge in [0.25, 0.3) is 0 Å². The highest BCUT2D eigenvalue weighted by atomic mass is 16.5. The molecule has 8 heteroatoms. The van der Waals surface area contributed by atoms with Crippen LogP contribution in [0.15, 0.2) is 48.9 Å². The highest BCUT2D eigenvalue weighted by Crippen LogP contribution is 2.29. The maximum Gasteiger partial charge on any atom is 0.163 e. The first kappa shape index (κ1) is 20.8. The van der Waals surface area contributed by atoms with Gasteiger partial charge >= 0.3 is 0 Å². The maximum absolute atomic E-state index is 9.48. The molecule has 0 saturated carbocycles. The minimum absolute atomic E-state index is 0.255. The molecular weight excluding hydrogens is 404 g/mol. The molecule has 0 atom stereocenters. The van der Waals surface area contributed by atoms with Crippen molar-refractivity contribution in [2.45, 2.75) is 12.8 Å². The van der Waals surface area contributed by atoms with E-state index in [9.17, 15) is 5.11 Å². The summed E-state index contributed by atoms with van der Waals surface area (Å²) in [5, 5.41) is 9.48. The molecule has 8 nitrogen and oxygen atoms in total. The molecular formula is C24H28N6O2. The summed E-state index contributed by atoms with van der Waals surface area (Å²) in [5.74, 6) is 2.90. The van der Waals surface area contributed by atoms with Gasteiger partial charge in [0.05, 0.1) is 18.9 Å². The molecule has 1 N–H and O–H groups in total. The molecule has 2 aliphatic heterocycles. The zero-order valence-electron chi connectivity index (χ0n) is 18.1. The molecule has 32 heavy (non-hydrogen) atoms. The minimum atomic E-state index is 0.255. The first-order valence-electron chi connectivity index (χ1n) is 11.2. The number of pyridine rings is 2. The number of morpholine rings is 1. The number of nitrogens with zero attached hydrogens (tertiary/aromatic N) is 6. The summed E-state index contributed by atoms with van der Waals surface area (Å²) in [5.41, 5.74) is 2.69. The van der Waals surface area contributed by atoms with Crippen LogP contribution in [0.3, 0.4) is 0 Å². The van der Waals surface area contributed by atoms with Crippen molar-refractivity contribution in [2.75, 3.05) is 55.8 Å². The van der Waals surface area contributed by atoms with Crippen LogP contribution in [0.1, 0.15) is 12.8 Å². The van der Waals surface area contributed by atoms with Crippen LogP contribution in [0.2, 0.25) is 0 Å². The van der Waals surface area contributed by atoms with Gasteiger partial charge in [0, 0.05) is 68.6 Å². The van der Waals surface area contributed by atoms with E-state index < -0.39 is 0 Å². The number of aliphatic hydroxyl groups is 1. The molecule has 5 rings (SSSR count). The van der Waals surface area contributed by atoms with Crippen molar-refractivity contribution in [3.05, 3.63) is 48.9 Å². The lowest BCUT2D eigenvalue weighted by Gasteiger charge is -2.32. The first-order valence-corrected chi connectivity index (χ1v) is 11.2. The summed E-state index contributed by atoms with van der Waals surface area (Å²) in [7, 11) is 0. The highest BCUT2D eigenvalue weighted by Gasteiger charge is 2.21. The quantitative estimate of drug-likeness (QED) is 0.658. The van der Waals surface area contributed by atoms with Crippen molar-refractivity contribution < 1.29 is 9.84 Å². The number of piperidine rings is 1. The third kappa shape index (κ3) is 4.56. The fraction of sp³-hybridized carbons (Fsp3) is 0.417. The molecule has 2 fully saturated rings. The number of aromatic nitrogens is 4. The average Bonchev–Trinajstić information content (AvgIpc) is 2.89. The summed E-state index contributed by atoms with van der Waals surface area (Å²) in [6.45, 7) is 5.20. The molecule has 0 aromatic carbocycles. The molecule has 0 radical (unpaired) electrons. The average molecular weight is 433 g/mol. The SMILES string of the molecule is OCC1CCN(c2cc(-c3ccc(N4CCOCC4)nc3)nc(-c3cccnc3)n2)CC1. The van der Waals surface area contributed by atoms with Gasteiger partial charge in [-0.2, -0.15) is 0 Å². The number of ether oxygens (including phenoxy) is 1. The lowest BCUT2D eigenvalue weighted by molar-refractivity contribution is 0.122. The second-order valence-electron chi connectivity index (χ2n) is 8.29. The Morgan fingerprint density at radius 1 is 0.906 bits per heavy atom. The third-order valence-corrected chi connectivity index (χ3v) is 6.21. The van der Waals surface area contributed by atoms with E-state index in [-0.39, 0.29) is 6.61 Å². The number of rotatable bonds is 5. The van der Waals surface area contributed by atoms with Gasteiger partial charge in [-0.05, 0) is 43.0 Å². The summed E-state index contributed by atoms with van der Waals surface area (Å²) in [6.07, 6.45) is 7.37. The molecule has 2 aliphatic rings. The predicted octanol–water partition coefficient (Wildman–Crippen LogP) is 2.65. The molecule has 3 aromatic heterocycles. The Labute approximate surface area is 187 Å². The van der Waals surface area contributed by atoms with E-state index in [1.807, 2.05) is 24.4 Å². The number of hydrogen-bond donors (Lipinski definition) is 1. The molecule has 5 heterocycles. The van der Waals surface area contributed by atoms with Gasteiger partial charge in [0.1, 0.15) is 11.6 Å². The summed E-state index contributed by atoms with van der Waals surface area (Å²) in [4.78, 5) is 23.2. The van der Waals surface area contributed by atoms with Crippen LogP contribution < -0.4 is 9.80 Å². The fourth-order valence-corrected chi connectivity index (χ4v) is 4.23. The van der Waals surface area contributed by atoms with Crippen LogP contribution in [0.5, 0.6) is 0 Å². The molecule has 166 valence electrons. The molecule has 0 amide bonds. The first-order chi connectivity index (χ1) is 15.8. The van der Waals surface area contributed by atoms with Gasteiger partial charge < -0.3 is 19.6 Å². The van der Waals surface area contributed by atoms with Crippen molar-refractivity contribution in [1.82, 2.24) is 19.9 Å². The van der Waals surface area contributed by atoms with Crippen LogP contribution >= 0.6 is 0 Å². The predicted molar refractivity (Wildman–Crippen MR) is 124 cm³/mol. The van der Waals surface area contributed by atoms with E-state index in [1.54, 1.807) is 12.4 Å². The Morgan fingerprint density at radius 3 is 2.41 bits per heavy atom. The zero-order chi connectivity index (χ0) is 21.8. The van der Waals surface area contributed by atoms with Crippen molar-refractivity contribution in [1.29, 1.82) is 0 Å². The molecule has 0 spiro atoms. The molecule has 3 aromatic rings. The van der Waals surface area contributed by atoms with Gasteiger partial charge in [0.15, 0.2) is 5.82 Å². The van der Waals surface area contributed by atoms with Gasteiger partial charge in [-0.15, -0.1) is 0 Å². The van der Waals surface area contributed by atoms with Gasteiger partial charge in [0.2, 0.25) is 0 Å². The summed E-state index contributed by atoms with van der Waals surface area (Å²) in [6, 6.07) is 10.1. The van der Waals surface area contributed by atoms with Crippen LogP contribution in [-0.2, 0) is 4.74 Å².